The number of hydrogen-bond donors (Lipinski definition) is 2. The van der Waals surface area contributed by atoms with E-state index in [1.54, 1.807) is 0 Å². The average Bonchev–Trinajstić information content (AvgIpc) is 3.03. The quantitative estimate of drug-likeness (QED) is 0.687. The van der Waals surface area contributed by atoms with Crippen LogP contribution in [0.1, 0.15) is 20.3 Å². The third-order valence-corrected chi connectivity index (χ3v) is 4.02. The highest BCUT2D eigenvalue weighted by molar-refractivity contribution is 7.20. The molecule has 2 amide bonds. The van der Waals surface area contributed by atoms with Crippen molar-refractivity contribution in [2.75, 3.05) is 13.1 Å². The summed E-state index contributed by atoms with van der Waals surface area (Å²) in [6, 6.07) is 7.57. The predicted octanol–water partition coefficient (Wildman–Crippen LogP) is 1.25. The Morgan fingerprint density at radius 2 is 1.83 bits per heavy atom. The van der Waals surface area contributed by atoms with Gasteiger partial charge in [-0.15, -0.1) is 11.3 Å². The molecule has 0 aliphatic carbocycles. The Morgan fingerprint density at radius 1 is 1.04 bits per heavy atom. The molecule has 2 heterocycles. The van der Waals surface area contributed by atoms with Gasteiger partial charge in [-0.1, -0.05) is 12.1 Å². The van der Waals surface area contributed by atoms with Crippen LogP contribution in [0.5, 0.6) is 0 Å². The molecule has 0 aliphatic rings. The number of carbonyl (C=O) groups excluding carboxylic acids is 2. The van der Waals surface area contributed by atoms with E-state index in [9.17, 15) is 9.59 Å². The van der Waals surface area contributed by atoms with Crippen LogP contribution in [0.3, 0.4) is 0 Å². The molecule has 116 valence electrons. The van der Waals surface area contributed by atoms with Crippen molar-refractivity contribution in [3.63, 3.8) is 0 Å². The number of aromatic nitrogens is 3. The van der Waals surface area contributed by atoms with Crippen molar-refractivity contribution in [2.24, 2.45) is 0 Å². The lowest BCUT2D eigenvalue weighted by molar-refractivity contribution is 0.0925. The van der Waals surface area contributed by atoms with E-state index in [2.05, 4.69) is 25.6 Å². The first kappa shape index (κ1) is 15.0. The van der Waals surface area contributed by atoms with Gasteiger partial charge in [0.25, 0.3) is 11.8 Å². The van der Waals surface area contributed by atoms with E-state index >= 15 is 0 Å². The van der Waals surface area contributed by atoms with Crippen LogP contribution in [0.2, 0.25) is 0 Å². The van der Waals surface area contributed by atoms with Crippen LogP contribution in [-0.4, -0.2) is 39.9 Å². The molecule has 1 aromatic carbocycles. The first-order valence-corrected chi connectivity index (χ1v) is 7.73. The fraction of sp³-hybridized carbons (Fsp3) is 0.133. The van der Waals surface area contributed by atoms with E-state index in [0.717, 1.165) is 10.2 Å². The van der Waals surface area contributed by atoms with Gasteiger partial charge in [0.05, 0.1) is 16.4 Å². The highest BCUT2D eigenvalue weighted by atomic mass is 32.1. The van der Waals surface area contributed by atoms with Crippen molar-refractivity contribution in [3.8, 4) is 0 Å². The summed E-state index contributed by atoms with van der Waals surface area (Å²) in [6.45, 7) is 0.604. The Kier molecular flexibility index (Phi) is 4.53. The maximum absolute atomic E-state index is 12.0. The number of rotatable bonds is 5. The molecule has 7 nitrogen and oxygen atoms in total. The number of para-hydroxylation sites is 1. The fourth-order valence-corrected chi connectivity index (χ4v) is 2.79. The van der Waals surface area contributed by atoms with E-state index < -0.39 is 0 Å². The van der Waals surface area contributed by atoms with Gasteiger partial charge in [0, 0.05) is 25.5 Å². The molecule has 0 atom stereocenters. The van der Waals surface area contributed by atoms with Gasteiger partial charge in [-0.25, -0.2) is 9.97 Å². The number of hydrogen-bond acceptors (Lipinski definition) is 6. The number of benzene rings is 1. The molecule has 0 aliphatic heterocycles. The van der Waals surface area contributed by atoms with Gasteiger partial charge in [0.15, 0.2) is 5.01 Å². The molecule has 0 unspecified atom stereocenters. The molecule has 2 aromatic heterocycles. The summed E-state index contributed by atoms with van der Waals surface area (Å²) < 4.78 is 0.966. The Balaban J connectivity index is 1.49. The zero-order valence-corrected chi connectivity index (χ0v) is 12.8. The largest absolute Gasteiger partial charge is 0.349 e. The minimum absolute atomic E-state index is 0.241. The number of carbonyl (C=O) groups is 2. The fourth-order valence-electron chi connectivity index (χ4n) is 1.90. The maximum Gasteiger partial charge on any atom is 0.280 e. The first-order valence-electron chi connectivity index (χ1n) is 6.92. The molecular formula is C15H13N5O2S. The third kappa shape index (κ3) is 3.67. The van der Waals surface area contributed by atoms with Gasteiger partial charge >= 0.3 is 0 Å². The van der Waals surface area contributed by atoms with Crippen molar-refractivity contribution < 1.29 is 9.59 Å². The van der Waals surface area contributed by atoms with E-state index in [4.69, 9.17) is 0 Å². The molecule has 0 bridgehead atoms. The zero-order chi connectivity index (χ0) is 16.1. The summed E-state index contributed by atoms with van der Waals surface area (Å²) in [6.07, 6.45) is 4.33. The summed E-state index contributed by atoms with van der Waals surface area (Å²) in [5.74, 6) is -0.577. The lowest BCUT2D eigenvalue weighted by Gasteiger charge is -2.05. The zero-order valence-electron chi connectivity index (χ0n) is 12.0. The Labute approximate surface area is 135 Å². The van der Waals surface area contributed by atoms with Gasteiger partial charge in [0.2, 0.25) is 0 Å². The second-order valence-corrected chi connectivity index (χ2v) is 5.62. The van der Waals surface area contributed by atoms with Gasteiger partial charge in [0.1, 0.15) is 5.69 Å². The molecule has 0 fully saturated rings. The standard InChI is InChI=1S/C15H13N5O2S/c21-13(11-9-16-5-6-17-11)18-7-8-19-14(22)15-20-10-3-1-2-4-12(10)23-15/h1-6,9H,7-8H2,(H,18,21)(H,19,22). The van der Waals surface area contributed by atoms with Gasteiger partial charge < -0.3 is 10.6 Å². The number of amides is 2. The Morgan fingerprint density at radius 3 is 2.57 bits per heavy atom. The molecular weight excluding hydrogens is 314 g/mol. The molecule has 3 rings (SSSR count). The summed E-state index contributed by atoms with van der Waals surface area (Å²) in [7, 11) is 0. The minimum atomic E-state index is -0.327. The summed E-state index contributed by atoms with van der Waals surface area (Å²) in [5, 5.41) is 5.79. The van der Waals surface area contributed by atoms with Crippen LogP contribution >= 0.6 is 11.3 Å². The second kappa shape index (κ2) is 6.93. The van der Waals surface area contributed by atoms with Crippen molar-refractivity contribution >= 4 is 33.4 Å². The monoisotopic (exact) mass is 327 g/mol. The third-order valence-electron chi connectivity index (χ3n) is 2.98. The molecule has 0 saturated carbocycles. The Hall–Kier alpha value is -2.87. The molecule has 8 heteroatoms. The average molecular weight is 327 g/mol. The molecule has 0 spiro atoms. The summed E-state index contributed by atoms with van der Waals surface area (Å²) in [4.78, 5) is 35.8. The van der Waals surface area contributed by atoms with Crippen molar-refractivity contribution in [1.82, 2.24) is 25.6 Å². The van der Waals surface area contributed by atoms with Gasteiger partial charge in [-0.05, 0) is 12.1 Å². The molecule has 3 aromatic rings. The molecule has 0 radical (unpaired) electrons. The summed E-state index contributed by atoms with van der Waals surface area (Å²) >= 11 is 1.34. The van der Waals surface area contributed by atoms with E-state index in [1.807, 2.05) is 24.3 Å². The SMILES string of the molecule is O=C(NCCNC(=O)c1nc2ccccc2s1)c1cnccn1. The van der Waals surface area contributed by atoms with E-state index in [-0.39, 0.29) is 17.5 Å². The van der Waals surface area contributed by atoms with Crippen LogP contribution < -0.4 is 10.6 Å². The smallest absolute Gasteiger partial charge is 0.280 e. The van der Waals surface area contributed by atoms with Crippen LogP contribution in [0.15, 0.2) is 42.9 Å². The van der Waals surface area contributed by atoms with E-state index in [1.165, 1.54) is 29.9 Å². The van der Waals surface area contributed by atoms with Crippen LogP contribution in [0.4, 0.5) is 0 Å². The highest BCUT2D eigenvalue weighted by Crippen LogP contribution is 2.21. The molecule has 2 N–H and O–H groups in total. The lowest BCUT2D eigenvalue weighted by Crippen LogP contribution is -2.35. The van der Waals surface area contributed by atoms with Gasteiger partial charge in [-0.2, -0.15) is 0 Å². The van der Waals surface area contributed by atoms with Crippen LogP contribution in [0, 0.1) is 0 Å². The van der Waals surface area contributed by atoms with E-state index in [0.29, 0.717) is 18.1 Å². The number of fused-ring (bicyclic) bond motifs is 1. The topological polar surface area (TPSA) is 96.9 Å². The van der Waals surface area contributed by atoms with Crippen molar-refractivity contribution in [1.29, 1.82) is 0 Å². The van der Waals surface area contributed by atoms with Crippen molar-refractivity contribution in [2.45, 2.75) is 0 Å². The maximum atomic E-state index is 12.0. The normalized spacial score (nSPS) is 10.4. The number of nitrogens with zero attached hydrogens (tertiary/aromatic N) is 3. The van der Waals surface area contributed by atoms with Crippen LogP contribution in [0.25, 0.3) is 10.2 Å². The number of thiazole rings is 1. The minimum Gasteiger partial charge on any atom is -0.349 e. The number of nitrogens with one attached hydrogen (secondary N) is 2. The second-order valence-electron chi connectivity index (χ2n) is 4.59. The first-order chi connectivity index (χ1) is 11.2. The lowest BCUT2D eigenvalue weighted by atomic mass is 10.3. The molecule has 0 saturated heterocycles. The Bertz CT molecular complexity index is 801. The highest BCUT2D eigenvalue weighted by Gasteiger charge is 2.11. The molecule has 23 heavy (non-hydrogen) atoms. The van der Waals surface area contributed by atoms with Gasteiger partial charge in [-0.3, -0.25) is 14.6 Å². The van der Waals surface area contributed by atoms with Crippen molar-refractivity contribution in [3.05, 3.63) is 53.6 Å². The predicted molar refractivity (Wildman–Crippen MR) is 86.3 cm³/mol. The van der Waals surface area contributed by atoms with Crippen LogP contribution in [-0.2, 0) is 0 Å². The summed E-state index contributed by atoms with van der Waals surface area (Å²) in [5.41, 5.74) is 1.05.